The maximum atomic E-state index is 11.6. The van der Waals surface area contributed by atoms with Crippen LogP contribution in [0.1, 0.15) is 12.5 Å². The molecule has 110 valence electrons. The van der Waals surface area contributed by atoms with E-state index >= 15 is 0 Å². The van der Waals surface area contributed by atoms with Crippen LogP contribution in [0.5, 0.6) is 0 Å². The monoisotopic (exact) mass is 299 g/mol. The van der Waals surface area contributed by atoms with E-state index in [0.29, 0.717) is 0 Å². The lowest BCUT2D eigenvalue weighted by atomic mass is 10.2. The number of rotatable bonds is 5. The Morgan fingerprint density at radius 1 is 1.25 bits per heavy atom. The highest BCUT2D eigenvalue weighted by molar-refractivity contribution is 7.90. The molecule has 0 saturated carbocycles. The topological polar surface area (TPSA) is 118 Å². The fourth-order valence-corrected chi connectivity index (χ4v) is 2.11. The minimum atomic E-state index is -3.23. The number of sulfone groups is 1. The molecule has 0 spiro atoms. The summed E-state index contributed by atoms with van der Waals surface area (Å²) >= 11 is 0. The smallest absolute Gasteiger partial charge is 0.312 e. The molecular weight excluding hydrogens is 282 g/mol. The van der Waals surface area contributed by atoms with Crippen molar-refractivity contribution in [3.05, 3.63) is 29.8 Å². The fourth-order valence-electron chi connectivity index (χ4n) is 1.48. The van der Waals surface area contributed by atoms with Crippen molar-refractivity contribution in [2.24, 2.45) is 5.73 Å². The molecule has 0 aliphatic rings. The molecule has 0 aromatic heterocycles. The molecule has 4 N–H and O–H groups in total. The van der Waals surface area contributed by atoms with Crippen LogP contribution in [0.4, 0.5) is 4.79 Å². The summed E-state index contributed by atoms with van der Waals surface area (Å²) in [5.41, 5.74) is 5.66. The van der Waals surface area contributed by atoms with Gasteiger partial charge in [-0.05, 0) is 24.6 Å². The predicted molar refractivity (Wildman–Crippen MR) is 73.6 cm³/mol. The Balaban J connectivity index is 2.58. The van der Waals surface area contributed by atoms with Crippen LogP contribution in [0, 0.1) is 0 Å². The molecule has 0 aliphatic carbocycles. The van der Waals surface area contributed by atoms with E-state index < -0.39 is 21.9 Å². The first-order valence-corrected chi connectivity index (χ1v) is 7.72. The first kappa shape index (κ1) is 16.0. The summed E-state index contributed by atoms with van der Waals surface area (Å²) in [5, 5.41) is 4.86. The maximum absolute atomic E-state index is 11.6. The van der Waals surface area contributed by atoms with Crippen LogP contribution in [-0.4, -0.2) is 32.7 Å². The minimum absolute atomic E-state index is 0.219. The third-order valence-electron chi connectivity index (χ3n) is 2.57. The summed E-state index contributed by atoms with van der Waals surface area (Å²) in [7, 11) is -3.23. The van der Waals surface area contributed by atoms with Gasteiger partial charge in [0.2, 0.25) is 5.91 Å². The Morgan fingerprint density at radius 2 is 1.80 bits per heavy atom. The Hall–Kier alpha value is -2.09. The van der Waals surface area contributed by atoms with Crippen molar-refractivity contribution in [1.82, 2.24) is 10.6 Å². The molecule has 1 atom stereocenters. The van der Waals surface area contributed by atoms with Gasteiger partial charge in [-0.1, -0.05) is 12.1 Å². The number of nitrogens with one attached hydrogen (secondary N) is 2. The molecule has 7 nitrogen and oxygen atoms in total. The molecule has 0 bridgehead atoms. The number of amides is 3. The van der Waals surface area contributed by atoms with Crippen LogP contribution in [0.25, 0.3) is 0 Å². The van der Waals surface area contributed by atoms with Gasteiger partial charge < -0.3 is 16.4 Å². The summed E-state index contributed by atoms with van der Waals surface area (Å²) in [6.45, 7) is 1.74. The molecule has 0 aliphatic heterocycles. The van der Waals surface area contributed by atoms with Gasteiger partial charge in [-0.3, -0.25) is 4.79 Å². The lowest BCUT2D eigenvalue weighted by Gasteiger charge is -2.12. The highest BCUT2D eigenvalue weighted by atomic mass is 32.2. The molecule has 8 heteroatoms. The van der Waals surface area contributed by atoms with Crippen molar-refractivity contribution in [3.63, 3.8) is 0 Å². The van der Waals surface area contributed by atoms with Crippen molar-refractivity contribution in [2.45, 2.75) is 24.4 Å². The number of urea groups is 1. The van der Waals surface area contributed by atoms with Gasteiger partial charge in [-0.2, -0.15) is 0 Å². The second kappa shape index (κ2) is 6.38. The highest BCUT2D eigenvalue weighted by Crippen LogP contribution is 2.10. The standard InChI is InChI=1S/C12H17N3O4S/c1-8(15-12(13)17)11(16)14-7-9-3-5-10(6-4-9)20(2,18)19/h3-6,8H,7H2,1-2H3,(H,14,16)(H3,13,15,17). The zero-order valence-corrected chi connectivity index (χ0v) is 12.0. The molecule has 1 unspecified atom stereocenters. The van der Waals surface area contributed by atoms with Crippen LogP contribution >= 0.6 is 0 Å². The number of nitrogens with two attached hydrogens (primary N) is 1. The summed E-state index contributed by atoms with van der Waals surface area (Å²) in [6.07, 6.45) is 1.13. The molecule has 0 saturated heterocycles. The maximum Gasteiger partial charge on any atom is 0.312 e. The van der Waals surface area contributed by atoms with Crippen molar-refractivity contribution in [2.75, 3.05) is 6.26 Å². The summed E-state index contributed by atoms with van der Waals surface area (Å²) in [5.74, 6) is -0.379. The van der Waals surface area contributed by atoms with Crippen LogP contribution in [-0.2, 0) is 21.2 Å². The van der Waals surface area contributed by atoms with E-state index in [1.54, 1.807) is 12.1 Å². The normalized spacial score (nSPS) is 12.5. The number of primary amides is 1. The van der Waals surface area contributed by atoms with Crippen molar-refractivity contribution >= 4 is 21.8 Å². The van der Waals surface area contributed by atoms with E-state index in [4.69, 9.17) is 5.73 Å². The van der Waals surface area contributed by atoms with E-state index in [9.17, 15) is 18.0 Å². The number of benzene rings is 1. The second-order valence-corrected chi connectivity index (χ2v) is 6.38. The van der Waals surface area contributed by atoms with Gasteiger partial charge in [-0.25, -0.2) is 13.2 Å². The van der Waals surface area contributed by atoms with Gasteiger partial charge in [0.25, 0.3) is 0 Å². The van der Waals surface area contributed by atoms with E-state index in [2.05, 4.69) is 10.6 Å². The van der Waals surface area contributed by atoms with Gasteiger partial charge >= 0.3 is 6.03 Å². The average Bonchev–Trinajstić information content (AvgIpc) is 2.34. The number of hydrogen-bond donors (Lipinski definition) is 3. The van der Waals surface area contributed by atoms with Crippen LogP contribution in [0.2, 0.25) is 0 Å². The molecule has 0 fully saturated rings. The number of hydrogen-bond acceptors (Lipinski definition) is 4. The molecule has 20 heavy (non-hydrogen) atoms. The number of carbonyl (C=O) groups is 2. The number of carbonyl (C=O) groups excluding carboxylic acids is 2. The van der Waals surface area contributed by atoms with Crippen molar-refractivity contribution in [1.29, 1.82) is 0 Å². The van der Waals surface area contributed by atoms with E-state index in [1.807, 2.05) is 0 Å². The Morgan fingerprint density at radius 3 is 2.25 bits per heavy atom. The third kappa shape index (κ3) is 4.88. The van der Waals surface area contributed by atoms with E-state index in [-0.39, 0.29) is 17.3 Å². The fraction of sp³-hybridized carbons (Fsp3) is 0.333. The first-order valence-electron chi connectivity index (χ1n) is 5.83. The summed E-state index contributed by atoms with van der Waals surface area (Å²) in [6, 6.07) is 4.67. The van der Waals surface area contributed by atoms with Gasteiger partial charge in [0.15, 0.2) is 9.84 Å². The quantitative estimate of drug-likeness (QED) is 0.695. The average molecular weight is 299 g/mol. The molecule has 1 rings (SSSR count). The SMILES string of the molecule is CC(NC(N)=O)C(=O)NCc1ccc(S(C)(=O)=O)cc1. The molecule has 1 aromatic rings. The summed E-state index contributed by atoms with van der Waals surface area (Å²) in [4.78, 5) is 22.4. The van der Waals surface area contributed by atoms with Crippen LogP contribution in [0.15, 0.2) is 29.2 Å². The van der Waals surface area contributed by atoms with Crippen LogP contribution < -0.4 is 16.4 Å². The first-order chi connectivity index (χ1) is 9.20. The van der Waals surface area contributed by atoms with Crippen LogP contribution in [0.3, 0.4) is 0 Å². The van der Waals surface area contributed by atoms with Gasteiger partial charge in [0.1, 0.15) is 6.04 Å². The van der Waals surface area contributed by atoms with Gasteiger partial charge in [0.05, 0.1) is 4.90 Å². The molecule has 0 heterocycles. The molecular formula is C12H17N3O4S. The Bertz CT molecular complexity index is 596. The third-order valence-corrected chi connectivity index (χ3v) is 3.70. The largest absolute Gasteiger partial charge is 0.352 e. The highest BCUT2D eigenvalue weighted by Gasteiger charge is 2.13. The molecule has 3 amide bonds. The van der Waals surface area contributed by atoms with E-state index in [0.717, 1.165) is 11.8 Å². The van der Waals surface area contributed by atoms with Crippen molar-refractivity contribution < 1.29 is 18.0 Å². The molecule has 0 radical (unpaired) electrons. The van der Waals surface area contributed by atoms with Crippen molar-refractivity contribution in [3.8, 4) is 0 Å². The van der Waals surface area contributed by atoms with E-state index in [1.165, 1.54) is 19.1 Å². The minimum Gasteiger partial charge on any atom is -0.352 e. The zero-order chi connectivity index (χ0) is 15.3. The predicted octanol–water partition coefficient (Wildman–Crippen LogP) is -0.237. The van der Waals surface area contributed by atoms with Gasteiger partial charge in [-0.15, -0.1) is 0 Å². The van der Waals surface area contributed by atoms with Gasteiger partial charge in [0, 0.05) is 12.8 Å². The molecule has 1 aromatic carbocycles. The second-order valence-electron chi connectivity index (χ2n) is 4.36. The lowest BCUT2D eigenvalue weighted by molar-refractivity contribution is -0.122. The summed E-state index contributed by atoms with van der Waals surface area (Å²) < 4.78 is 22.6. The Labute approximate surface area is 117 Å². The Kier molecular flexibility index (Phi) is 5.09. The zero-order valence-electron chi connectivity index (χ0n) is 11.2. The lowest BCUT2D eigenvalue weighted by Crippen LogP contribution is -2.46.